The third-order valence-electron chi connectivity index (χ3n) is 6.01. The van der Waals surface area contributed by atoms with E-state index in [9.17, 15) is 4.79 Å². The number of rotatable bonds is 7. The summed E-state index contributed by atoms with van der Waals surface area (Å²) >= 11 is 1.55. The molecule has 1 saturated heterocycles. The molecule has 2 N–H and O–H groups in total. The number of nitrogens with one attached hydrogen (secondary N) is 2. The molecule has 1 aromatic carbocycles. The van der Waals surface area contributed by atoms with Crippen molar-refractivity contribution in [3.63, 3.8) is 0 Å². The first-order valence-corrected chi connectivity index (χ1v) is 11.7. The van der Waals surface area contributed by atoms with Gasteiger partial charge in [-0.15, -0.1) is 11.3 Å². The number of ether oxygens (including phenoxy) is 2. The lowest BCUT2D eigenvalue weighted by Gasteiger charge is -2.48. The second-order valence-electron chi connectivity index (χ2n) is 7.99. The van der Waals surface area contributed by atoms with Gasteiger partial charge in [0.25, 0.3) is 0 Å². The van der Waals surface area contributed by atoms with Gasteiger partial charge in [-0.1, -0.05) is 25.3 Å². The lowest BCUT2D eigenvalue weighted by Crippen LogP contribution is -2.60. The van der Waals surface area contributed by atoms with Crippen LogP contribution >= 0.6 is 11.3 Å². The standard InChI is InChI=1S/C22H30N4O3S/c27-21(23-16-22(7-2-1-3-8-22)26-9-11-28-12-10-26)25-18-5-4-6-20(13-18)29-14-19-15-30-17-24-19/h4-6,13,15,17H,1-3,7-12,14,16H2,(H2,23,25,27). The van der Waals surface area contributed by atoms with Crippen LogP contribution in [0, 0.1) is 0 Å². The van der Waals surface area contributed by atoms with Crippen LogP contribution < -0.4 is 15.4 Å². The normalized spacial score (nSPS) is 19.2. The van der Waals surface area contributed by atoms with Crippen LogP contribution in [-0.4, -0.2) is 54.3 Å². The number of carbonyl (C=O) groups is 1. The fraction of sp³-hybridized carbons (Fsp3) is 0.545. The Balaban J connectivity index is 1.31. The first-order chi connectivity index (χ1) is 14.7. The Bertz CT molecular complexity index is 802. The number of urea groups is 1. The summed E-state index contributed by atoms with van der Waals surface area (Å²) in [6.45, 7) is 4.53. The molecule has 0 radical (unpaired) electrons. The van der Waals surface area contributed by atoms with Gasteiger partial charge in [0.15, 0.2) is 0 Å². The predicted octanol–water partition coefficient (Wildman–Crippen LogP) is 3.88. The number of anilines is 1. The maximum Gasteiger partial charge on any atom is 0.319 e. The summed E-state index contributed by atoms with van der Waals surface area (Å²) in [6.07, 6.45) is 5.99. The van der Waals surface area contributed by atoms with Gasteiger partial charge in [0.2, 0.25) is 0 Å². The van der Waals surface area contributed by atoms with Crippen LogP contribution in [0.15, 0.2) is 35.2 Å². The van der Waals surface area contributed by atoms with E-state index in [2.05, 4.69) is 20.5 Å². The number of benzene rings is 1. The smallest absolute Gasteiger partial charge is 0.319 e. The van der Waals surface area contributed by atoms with Gasteiger partial charge >= 0.3 is 6.03 Å². The number of nitrogens with zero attached hydrogens (tertiary/aromatic N) is 2. The van der Waals surface area contributed by atoms with Crippen LogP contribution in [0.5, 0.6) is 5.75 Å². The number of morpholine rings is 1. The maximum absolute atomic E-state index is 12.6. The highest BCUT2D eigenvalue weighted by Crippen LogP contribution is 2.34. The fourth-order valence-electron chi connectivity index (χ4n) is 4.40. The summed E-state index contributed by atoms with van der Waals surface area (Å²) in [4.78, 5) is 19.4. The quantitative estimate of drug-likeness (QED) is 0.697. The van der Waals surface area contributed by atoms with Crippen molar-refractivity contribution >= 4 is 23.1 Å². The molecule has 2 fully saturated rings. The van der Waals surface area contributed by atoms with E-state index in [0.717, 1.165) is 44.8 Å². The van der Waals surface area contributed by atoms with Gasteiger partial charge < -0.3 is 20.1 Å². The van der Waals surface area contributed by atoms with E-state index in [0.29, 0.717) is 24.6 Å². The molecule has 2 aliphatic rings. The topological polar surface area (TPSA) is 75.7 Å². The van der Waals surface area contributed by atoms with Crippen LogP contribution in [0.4, 0.5) is 10.5 Å². The Morgan fingerprint density at radius 1 is 1.23 bits per heavy atom. The van der Waals surface area contributed by atoms with E-state index in [1.165, 1.54) is 19.3 Å². The number of hydrogen-bond acceptors (Lipinski definition) is 6. The molecule has 7 nitrogen and oxygen atoms in total. The van der Waals surface area contributed by atoms with E-state index in [-0.39, 0.29) is 11.6 Å². The lowest BCUT2D eigenvalue weighted by molar-refractivity contribution is -0.0356. The highest BCUT2D eigenvalue weighted by Gasteiger charge is 2.38. The van der Waals surface area contributed by atoms with Crippen LogP contribution in [0.3, 0.4) is 0 Å². The average Bonchev–Trinajstić information content (AvgIpc) is 3.32. The Hall–Kier alpha value is -2.16. The molecule has 2 heterocycles. The Labute approximate surface area is 181 Å². The zero-order valence-electron chi connectivity index (χ0n) is 17.3. The van der Waals surface area contributed by atoms with Crippen LogP contribution in [0.1, 0.15) is 37.8 Å². The highest BCUT2D eigenvalue weighted by atomic mass is 32.1. The molecule has 0 atom stereocenters. The Morgan fingerprint density at radius 3 is 2.83 bits per heavy atom. The van der Waals surface area contributed by atoms with Crippen molar-refractivity contribution in [2.75, 3.05) is 38.2 Å². The van der Waals surface area contributed by atoms with Crippen LogP contribution in [-0.2, 0) is 11.3 Å². The monoisotopic (exact) mass is 430 g/mol. The van der Waals surface area contributed by atoms with Crippen molar-refractivity contribution < 1.29 is 14.3 Å². The summed E-state index contributed by atoms with van der Waals surface area (Å²) in [5, 5.41) is 8.04. The average molecular weight is 431 g/mol. The summed E-state index contributed by atoms with van der Waals surface area (Å²) < 4.78 is 11.3. The minimum absolute atomic E-state index is 0.0534. The van der Waals surface area contributed by atoms with Gasteiger partial charge in [-0.3, -0.25) is 4.90 Å². The number of hydrogen-bond donors (Lipinski definition) is 2. The lowest BCUT2D eigenvalue weighted by atomic mass is 9.80. The van der Waals surface area contributed by atoms with Gasteiger partial charge in [0.1, 0.15) is 12.4 Å². The largest absolute Gasteiger partial charge is 0.487 e. The van der Waals surface area contributed by atoms with Gasteiger partial charge in [0.05, 0.1) is 24.4 Å². The molecule has 1 saturated carbocycles. The maximum atomic E-state index is 12.6. The van der Waals surface area contributed by atoms with Crippen LogP contribution in [0.2, 0.25) is 0 Å². The Kier molecular flexibility index (Phi) is 7.20. The Morgan fingerprint density at radius 2 is 2.07 bits per heavy atom. The first-order valence-electron chi connectivity index (χ1n) is 10.7. The van der Waals surface area contributed by atoms with Crippen molar-refractivity contribution in [2.45, 2.75) is 44.2 Å². The number of carbonyl (C=O) groups excluding carboxylic acids is 1. The molecule has 2 amide bonds. The zero-order valence-corrected chi connectivity index (χ0v) is 18.1. The minimum Gasteiger partial charge on any atom is -0.487 e. The summed E-state index contributed by atoms with van der Waals surface area (Å²) in [7, 11) is 0. The minimum atomic E-state index is -0.176. The van der Waals surface area contributed by atoms with E-state index in [1.54, 1.807) is 16.8 Å². The molecular formula is C22H30N4O3S. The van der Waals surface area contributed by atoms with E-state index in [1.807, 2.05) is 29.6 Å². The summed E-state index contributed by atoms with van der Waals surface area (Å²) in [5.41, 5.74) is 3.46. The SMILES string of the molecule is O=C(NCC1(N2CCOCC2)CCCCC1)Nc1cccc(OCc2cscn2)c1. The van der Waals surface area contributed by atoms with Crippen molar-refractivity contribution in [2.24, 2.45) is 0 Å². The predicted molar refractivity (Wildman–Crippen MR) is 118 cm³/mol. The molecule has 2 aromatic rings. The number of aromatic nitrogens is 1. The molecule has 1 aliphatic carbocycles. The molecule has 0 unspecified atom stereocenters. The summed E-state index contributed by atoms with van der Waals surface area (Å²) in [6, 6.07) is 7.29. The number of thiazole rings is 1. The summed E-state index contributed by atoms with van der Waals surface area (Å²) in [5.74, 6) is 0.706. The fourth-order valence-corrected chi connectivity index (χ4v) is 4.95. The second kappa shape index (κ2) is 10.2. The molecule has 8 heteroatoms. The third-order valence-corrected chi connectivity index (χ3v) is 6.64. The van der Waals surface area contributed by atoms with E-state index < -0.39 is 0 Å². The van der Waals surface area contributed by atoms with Gasteiger partial charge in [0, 0.05) is 42.3 Å². The first kappa shape index (κ1) is 21.1. The molecule has 30 heavy (non-hydrogen) atoms. The van der Waals surface area contributed by atoms with Crippen molar-refractivity contribution in [3.8, 4) is 5.75 Å². The van der Waals surface area contributed by atoms with Crippen molar-refractivity contribution in [3.05, 3.63) is 40.8 Å². The molecule has 162 valence electrons. The zero-order chi connectivity index (χ0) is 20.7. The second-order valence-corrected chi connectivity index (χ2v) is 8.71. The molecule has 1 aromatic heterocycles. The van der Waals surface area contributed by atoms with Gasteiger partial charge in [-0.2, -0.15) is 0 Å². The molecule has 4 rings (SSSR count). The van der Waals surface area contributed by atoms with Crippen molar-refractivity contribution in [1.82, 2.24) is 15.2 Å². The molecule has 0 spiro atoms. The highest BCUT2D eigenvalue weighted by molar-refractivity contribution is 7.07. The number of amides is 2. The van der Waals surface area contributed by atoms with Crippen molar-refractivity contribution in [1.29, 1.82) is 0 Å². The van der Waals surface area contributed by atoms with Gasteiger partial charge in [-0.25, -0.2) is 9.78 Å². The van der Waals surface area contributed by atoms with E-state index >= 15 is 0 Å². The van der Waals surface area contributed by atoms with Crippen LogP contribution in [0.25, 0.3) is 0 Å². The molecule has 0 bridgehead atoms. The van der Waals surface area contributed by atoms with E-state index in [4.69, 9.17) is 9.47 Å². The van der Waals surface area contributed by atoms with Gasteiger partial charge in [-0.05, 0) is 25.0 Å². The molecular weight excluding hydrogens is 400 g/mol. The molecule has 1 aliphatic heterocycles. The third kappa shape index (κ3) is 5.50.